The number of anilines is 1. The summed E-state index contributed by atoms with van der Waals surface area (Å²) >= 11 is 0. The van der Waals surface area contributed by atoms with Crippen molar-refractivity contribution in [3.63, 3.8) is 0 Å². The lowest BCUT2D eigenvalue weighted by Gasteiger charge is -2.27. The first-order valence-corrected chi connectivity index (χ1v) is 6.62. The lowest BCUT2D eigenvalue weighted by atomic mass is 9.98. The zero-order chi connectivity index (χ0) is 14.7. The van der Waals surface area contributed by atoms with Gasteiger partial charge in [0.2, 0.25) is 0 Å². The Labute approximate surface area is 117 Å². The van der Waals surface area contributed by atoms with E-state index in [1.165, 1.54) is 5.56 Å². The molecule has 4 N–H and O–H groups in total. The highest BCUT2D eigenvalue weighted by molar-refractivity contribution is 5.95. The molecule has 0 spiro atoms. The third kappa shape index (κ3) is 3.20. The normalized spacial score (nSPS) is 18.4. The Morgan fingerprint density at radius 3 is 2.95 bits per heavy atom. The molecule has 1 aromatic carbocycles. The van der Waals surface area contributed by atoms with E-state index in [-0.39, 0.29) is 0 Å². The van der Waals surface area contributed by atoms with Crippen molar-refractivity contribution in [2.45, 2.75) is 38.8 Å². The maximum absolute atomic E-state index is 11.6. The van der Waals surface area contributed by atoms with Crippen molar-refractivity contribution in [3.05, 3.63) is 23.8 Å². The zero-order valence-corrected chi connectivity index (χ0v) is 11.6. The summed E-state index contributed by atoms with van der Waals surface area (Å²) in [5.74, 6) is 0.0557. The number of urea groups is 1. The minimum Gasteiger partial charge on any atom is -0.479 e. The van der Waals surface area contributed by atoms with Crippen LogP contribution in [-0.2, 0) is 11.2 Å². The quantitative estimate of drug-likeness (QED) is 0.778. The summed E-state index contributed by atoms with van der Waals surface area (Å²) in [4.78, 5) is 22.3. The third-order valence-electron chi connectivity index (χ3n) is 3.27. The number of para-hydroxylation sites is 1. The largest absolute Gasteiger partial charge is 0.479 e. The molecule has 1 heterocycles. The van der Waals surface area contributed by atoms with Gasteiger partial charge in [-0.05, 0) is 38.3 Å². The number of benzene rings is 1. The minimum absolute atomic E-state index is 0.363. The third-order valence-corrected chi connectivity index (χ3v) is 3.27. The molecule has 0 aromatic heterocycles. The van der Waals surface area contributed by atoms with E-state index in [0.29, 0.717) is 11.8 Å². The molecule has 0 aliphatic carbocycles. The van der Waals surface area contributed by atoms with Gasteiger partial charge in [0.25, 0.3) is 5.91 Å². The molecule has 3 amide bonds. The van der Waals surface area contributed by atoms with E-state index in [9.17, 15) is 9.59 Å². The molecule has 0 radical (unpaired) electrons. The lowest BCUT2D eigenvalue weighted by molar-refractivity contribution is -0.126. The summed E-state index contributed by atoms with van der Waals surface area (Å²) in [7, 11) is 0. The standard InChI is InChI=1S/C14H19N3O3/c1-8-6-7-10-4-3-5-11(12(10)16-8)20-9(2)13(18)17-14(15)19/h3-5,8-9,16H,6-7H2,1-2H3,(H3,15,17,18,19). The first-order valence-electron chi connectivity index (χ1n) is 6.62. The first-order chi connectivity index (χ1) is 9.47. The average Bonchev–Trinajstić information content (AvgIpc) is 2.38. The summed E-state index contributed by atoms with van der Waals surface area (Å²) in [6.07, 6.45) is 1.24. The molecule has 0 fully saturated rings. The fourth-order valence-electron chi connectivity index (χ4n) is 2.20. The van der Waals surface area contributed by atoms with Gasteiger partial charge in [-0.15, -0.1) is 0 Å². The van der Waals surface area contributed by atoms with Gasteiger partial charge < -0.3 is 15.8 Å². The molecule has 0 bridgehead atoms. The number of carbonyl (C=O) groups is 2. The monoisotopic (exact) mass is 277 g/mol. The molecule has 2 atom stereocenters. The lowest BCUT2D eigenvalue weighted by Crippen LogP contribution is -2.42. The Kier molecular flexibility index (Phi) is 4.12. The van der Waals surface area contributed by atoms with Crippen molar-refractivity contribution < 1.29 is 14.3 Å². The fraction of sp³-hybridized carbons (Fsp3) is 0.429. The van der Waals surface area contributed by atoms with Crippen molar-refractivity contribution in [2.24, 2.45) is 5.73 Å². The predicted molar refractivity (Wildman–Crippen MR) is 75.7 cm³/mol. The summed E-state index contributed by atoms with van der Waals surface area (Å²) < 4.78 is 5.64. The number of primary amides is 1. The topological polar surface area (TPSA) is 93.4 Å². The van der Waals surface area contributed by atoms with Crippen LogP contribution in [0.5, 0.6) is 5.75 Å². The summed E-state index contributed by atoms with van der Waals surface area (Å²) in [5.41, 5.74) is 7.01. The predicted octanol–water partition coefficient (Wildman–Crippen LogP) is 1.40. The highest BCUT2D eigenvalue weighted by Gasteiger charge is 2.21. The molecular formula is C14H19N3O3. The van der Waals surface area contributed by atoms with Crippen molar-refractivity contribution in [1.29, 1.82) is 0 Å². The van der Waals surface area contributed by atoms with Gasteiger partial charge in [-0.2, -0.15) is 0 Å². The molecule has 2 rings (SSSR count). The zero-order valence-electron chi connectivity index (χ0n) is 11.6. The molecule has 6 nitrogen and oxygen atoms in total. The second-order valence-corrected chi connectivity index (χ2v) is 4.99. The van der Waals surface area contributed by atoms with Gasteiger partial charge in [0.15, 0.2) is 6.10 Å². The molecule has 2 unspecified atom stereocenters. The Hall–Kier alpha value is -2.24. The summed E-state index contributed by atoms with van der Waals surface area (Å²) in [6.45, 7) is 3.67. The van der Waals surface area contributed by atoms with Gasteiger partial charge in [0, 0.05) is 6.04 Å². The number of hydrogen-bond donors (Lipinski definition) is 3. The van der Waals surface area contributed by atoms with E-state index in [2.05, 4.69) is 12.2 Å². The number of nitrogens with two attached hydrogens (primary N) is 1. The van der Waals surface area contributed by atoms with Crippen LogP contribution in [0.25, 0.3) is 0 Å². The Balaban J connectivity index is 2.14. The van der Waals surface area contributed by atoms with Gasteiger partial charge in [-0.1, -0.05) is 12.1 Å². The Bertz CT molecular complexity index is 530. The van der Waals surface area contributed by atoms with Gasteiger partial charge in [-0.3, -0.25) is 10.1 Å². The fourth-order valence-corrected chi connectivity index (χ4v) is 2.20. The van der Waals surface area contributed by atoms with E-state index in [1.807, 2.05) is 17.4 Å². The Morgan fingerprint density at radius 2 is 2.25 bits per heavy atom. The SMILES string of the molecule is CC1CCc2cccc(OC(C)C(=O)NC(N)=O)c2N1. The van der Waals surface area contributed by atoms with Crippen LogP contribution in [0.1, 0.15) is 25.8 Å². The van der Waals surface area contributed by atoms with Crippen molar-refractivity contribution in [3.8, 4) is 5.75 Å². The van der Waals surface area contributed by atoms with Crippen molar-refractivity contribution >= 4 is 17.6 Å². The number of carbonyl (C=O) groups excluding carboxylic acids is 2. The molecule has 1 aliphatic heterocycles. The molecule has 20 heavy (non-hydrogen) atoms. The van der Waals surface area contributed by atoms with Gasteiger partial charge >= 0.3 is 6.03 Å². The molecule has 0 saturated heterocycles. The van der Waals surface area contributed by atoms with Gasteiger partial charge in [0.1, 0.15) is 5.75 Å². The van der Waals surface area contributed by atoms with Crippen LogP contribution in [0.15, 0.2) is 18.2 Å². The van der Waals surface area contributed by atoms with Crippen LogP contribution in [0.2, 0.25) is 0 Å². The van der Waals surface area contributed by atoms with Crippen molar-refractivity contribution in [2.75, 3.05) is 5.32 Å². The first kappa shape index (κ1) is 14.2. The molecule has 1 aromatic rings. The summed E-state index contributed by atoms with van der Waals surface area (Å²) in [5, 5.41) is 5.37. The minimum atomic E-state index is -0.882. The van der Waals surface area contributed by atoms with E-state index in [1.54, 1.807) is 13.0 Å². The number of amides is 3. The number of aryl methyl sites for hydroxylation is 1. The molecular weight excluding hydrogens is 258 g/mol. The number of ether oxygens (including phenoxy) is 1. The smallest absolute Gasteiger partial charge is 0.318 e. The number of rotatable bonds is 3. The second-order valence-electron chi connectivity index (χ2n) is 4.99. The Morgan fingerprint density at radius 1 is 1.50 bits per heavy atom. The van der Waals surface area contributed by atoms with Crippen LogP contribution in [0, 0.1) is 0 Å². The number of imide groups is 1. The van der Waals surface area contributed by atoms with Crippen LogP contribution in [0.3, 0.4) is 0 Å². The van der Waals surface area contributed by atoms with Gasteiger partial charge in [0.05, 0.1) is 5.69 Å². The van der Waals surface area contributed by atoms with E-state index in [0.717, 1.165) is 18.5 Å². The molecule has 6 heteroatoms. The van der Waals surface area contributed by atoms with Crippen LogP contribution in [0.4, 0.5) is 10.5 Å². The number of hydrogen-bond acceptors (Lipinski definition) is 4. The van der Waals surface area contributed by atoms with Crippen LogP contribution < -0.4 is 21.1 Å². The van der Waals surface area contributed by atoms with Crippen LogP contribution >= 0.6 is 0 Å². The molecule has 1 aliphatic rings. The highest BCUT2D eigenvalue weighted by Crippen LogP contribution is 2.34. The van der Waals surface area contributed by atoms with E-state index < -0.39 is 18.0 Å². The van der Waals surface area contributed by atoms with Crippen molar-refractivity contribution in [1.82, 2.24) is 5.32 Å². The maximum Gasteiger partial charge on any atom is 0.318 e. The highest BCUT2D eigenvalue weighted by atomic mass is 16.5. The van der Waals surface area contributed by atoms with Gasteiger partial charge in [-0.25, -0.2) is 4.79 Å². The number of nitrogens with one attached hydrogen (secondary N) is 2. The molecule has 108 valence electrons. The van der Waals surface area contributed by atoms with E-state index >= 15 is 0 Å². The number of fused-ring (bicyclic) bond motifs is 1. The van der Waals surface area contributed by atoms with E-state index in [4.69, 9.17) is 10.5 Å². The maximum atomic E-state index is 11.6. The summed E-state index contributed by atoms with van der Waals surface area (Å²) in [6, 6.07) is 5.21. The average molecular weight is 277 g/mol. The molecule has 0 saturated carbocycles. The second kappa shape index (κ2) is 5.81. The van der Waals surface area contributed by atoms with Crippen LogP contribution in [-0.4, -0.2) is 24.1 Å².